The van der Waals surface area contributed by atoms with Crippen LogP contribution in [-0.4, -0.2) is 41.2 Å². The number of anilines is 1. The Kier molecular flexibility index (Phi) is 6.28. The minimum atomic E-state index is -1.20. The molecule has 3 aromatic rings. The van der Waals surface area contributed by atoms with E-state index in [-0.39, 0.29) is 11.7 Å². The maximum absolute atomic E-state index is 12.9. The van der Waals surface area contributed by atoms with Crippen molar-refractivity contribution in [2.45, 2.75) is 31.4 Å². The molecule has 1 aliphatic rings. The van der Waals surface area contributed by atoms with Crippen molar-refractivity contribution in [2.24, 2.45) is 0 Å². The zero-order valence-electron chi connectivity index (χ0n) is 18.3. The first-order chi connectivity index (χ1) is 14.9. The Morgan fingerprint density at radius 1 is 0.935 bits per heavy atom. The van der Waals surface area contributed by atoms with Crippen molar-refractivity contribution >= 4 is 22.4 Å². The Morgan fingerprint density at radius 2 is 1.65 bits per heavy atom. The summed E-state index contributed by atoms with van der Waals surface area (Å²) < 4.78 is 18.3. The monoisotopic (exact) mass is 436 g/mol. The molecule has 0 N–H and O–H groups in total. The van der Waals surface area contributed by atoms with E-state index < -0.39 is 10.8 Å². The highest BCUT2D eigenvalue weighted by Crippen LogP contribution is 2.24. The van der Waals surface area contributed by atoms with E-state index >= 15 is 0 Å². The van der Waals surface area contributed by atoms with Gasteiger partial charge in [0, 0.05) is 36.8 Å². The summed E-state index contributed by atoms with van der Waals surface area (Å²) in [5.41, 5.74) is 4.94. The molecule has 2 heterocycles. The summed E-state index contributed by atoms with van der Waals surface area (Å²) in [6.45, 7) is 9.16. The standard InChI is InChI=1S/C25H28N2O3S/c1-18-7-10-22(11-8-18)31(29)17-21-9-12-24(30-21)25(28)27-15-13-26(14-16-27)23-6-4-5-19(2)20(23)3/h4-12H,13-17H2,1-3H3/t31-/m0/s1. The Morgan fingerprint density at radius 3 is 2.35 bits per heavy atom. The van der Waals surface area contributed by atoms with Crippen LogP contribution < -0.4 is 4.90 Å². The summed E-state index contributed by atoms with van der Waals surface area (Å²) in [7, 11) is -1.20. The molecule has 1 aliphatic heterocycles. The molecule has 1 atom stereocenters. The number of amides is 1. The Bertz CT molecular complexity index is 1100. The van der Waals surface area contributed by atoms with Gasteiger partial charge in [0.2, 0.25) is 0 Å². The van der Waals surface area contributed by atoms with Gasteiger partial charge < -0.3 is 14.2 Å². The Hall–Kier alpha value is -2.86. The second-order valence-corrected chi connectivity index (χ2v) is 9.52. The van der Waals surface area contributed by atoms with Gasteiger partial charge in [-0.2, -0.15) is 0 Å². The fourth-order valence-corrected chi connectivity index (χ4v) is 4.88. The topological polar surface area (TPSA) is 53.8 Å². The van der Waals surface area contributed by atoms with Crippen LogP contribution in [-0.2, 0) is 16.6 Å². The van der Waals surface area contributed by atoms with Gasteiger partial charge in [-0.05, 0) is 62.2 Å². The fourth-order valence-electron chi connectivity index (χ4n) is 3.86. The largest absolute Gasteiger partial charge is 0.455 e. The lowest BCUT2D eigenvalue weighted by atomic mass is 10.1. The lowest BCUT2D eigenvalue weighted by Gasteiger charge is -2.36. The van der Waals surface area contributed by atoms with E-state index in [1.54, 1.807) is 12.1 Å². The van der Waals surface area contributed by atoms with Gasteiger partial charge >= 0.3 is 0 Å². The molecular formula is C25H28N2O3S. The molecular weight excluding hydrogens is 408 g/mol. The molecule has 2 aromatic carbocycles. The summed E-state index contributed by atoms with van der Waals surface area (Å²) >= 11 is 0. The van der Waals surface area contributed by atoms with Gasteiger partial charge in [0.05, 0.1) is 16.6 Å². The number of carbonyl (C=O) groups excluding carboxylic acids is 1. The van der Waals surface area contributed by atoms with Crippen LogP contribution >= 0.6 is 0 Å². The maximum Gasteiger partial charge on any atom is 0.289 e. The lowest BCUT2D eigenvalue weighted by Crippen LogP contribution is -2.49. The molecule has 0 spiro atoms. The zero-order chi connectivity index (χ0) is 22.0. The van der Waals surface area contributed by atoms with Crippen LogP contribution in [0.2, 0.25) is 0 Å². The molecule has 0 saturated carbocycles. The van der Waals surface area contributed by atoms with E-state index in [0.717, 1.165) is 23.5 Å². The Balaban J connectivity index is 1.36. The molecule has 4 rings (SSSR count). The van der Waals surface area contributed by atoms with E-state index in [1.165, 1.54) is 16.8 Å². The number of piperazine rings is 1. The van der Waals surface area contributed by atoms with Crippen molar-refractivity contribution in [3.8, 4) is 0 Å². The summed E-state index contributed by atoms with van der Waals surface area (Å²) in [5.74, 6) is 1.04. The number of hydrogen-bond acceptors (Lipinski definition) is 4. The van der Waals surface area contributed by atoms with E-state index in [1.807, 2.05) is 36.1 Å². The number of furan rings is 1. The number of aryl methyl sites for hydroxylation is 2. The van der Waals surface area contributed by atoms with Crippen molar-refractivity contribution in [1.82, 2.24) is 4.90 Å². The van der Waals surface area contributed by atoms with E-state index in [0.29, 0.717) is 24.6 Å². The van der Waals surface area contributed by atoms with Gasteiger partial charge in [-0.15, -0.1) is 0 Å². The summed E-state index contributed by atoms with van der Waals surface area (Å²) in [6.07, 6.45) is 0. The average Bonchev–Trinajstić information content (AvgIpc) is 3.24. The highest BCUT2D eigenvalue weighted by atomic mass is 32.2. The van der Waals surface area contributed by atoms with Crippen molar-refractivity contribution in [2.75, 3.05) is 31.1 Å². The molecule has 1 aromatic heterocycles. The molecule has 31 heavy (non-hydrogen) atoms. The zero-order valence-corrected chi connectivity index (χ0v) is 19.1. The van der Waals surface area contributed by atoms with Gasteiger partial charge in [0.25, 0.3) is 5.91 Å². The lowest BCUT2D eigenvalue weighted by molar-refractivity contribution is 0.0713. The van der Waals surface area contributed by atoms with E-state index in [9.17, 15) is 9.00 Å². The van der Waals surface area contributed by atoms with Crippen LogP contribution in [0.15, 0.2) is 63.9 Å². The number of nitrogens with zero attached hydrogens (tertiary/aromatic N) is 2. The molecule has 0 radical (unpaired) electrons. The minimum absolute atomic E-state index is 0.104. The third-order valence-corrected chi connectivity index (χ3v) is 7.26. The van der Waals surface area contributed by atoms with Crippen molar-refractivity contribution in [1.29, 1.82) is 0 Å². The molecule has 5 nitrogen and oxygen atoms in total. The average molecular weight is 437 g/mol. The van der Waals surface area contributed by atoms with Crippen molar-refractivity contribution in [3.05, 3.63) is 82.8 Å². The quantitative estimate of drug-likeness (QED) is 0.592. The van der Waals surface area contributed by atoms with Crippen molar-refractivity contribution < 1.29 is 13.4 Å². The van der Waals surface area contributed by atoms with Gasteiger partial charge in [-0.1, -0.05) is 29.8 Å². The second kappa shape index (κ2) is 9.10. The molecule has 0 bridgehead atoms. The minimum Gasteiger partial charge on any atom is -0.455 e. The third kappa shape index (κ3) is 4.74. The fraction of sp³-hybridized carbons (Fsp3) is 0.320. The third-order valence-electron chi connectivity index (χ3n) is 5.91. The number of benzene rings is 2. The summed E-state index contributed by atoms with van der Waals surface area (Å²) in [5, 5.41) is 0. The first kappa shape index (κ1) is 21.4. The number of hydrogen-bond donors (Lipinski definition) is 0. The van der Waals surface area contributed by atoms with Crippen LogP contribution in [0.4, 0.5) is 5.69 Å². The molecule has 1 amide bonds. The molecule has 162 valence electrons. The predicted octanol–water partition coefficient (Wildman–Crippen LogP) is 4.48. The van der Waals surface area contributed by atoms with Gasteiger partial charge in [0.15, 0.2) is 5.76 Å². The highest BCUT2D eigenvalue weighted by Gasteiger charge is 2.25. The van der Waals surface area contributed by atoms with Crippen LogP contribution in [0.1, 0.15) is 33.0 Å². The molecule has 0 unspecified atom stereocenters. The van der Waals surface area contributed by atoms with Crippen LogP contribution in [0, 0.1) is 20.8 Å². The molecule has 6 heteroatoms. The van der Waals surface area contributed by atoms with Gasteiger partial charge in [-0.25, -0.2) is 0 Å². The van der Waals surface area contributed by atoms with E-state index in [4.69, 9.17) is 4.42 Å². The Labute approximate surface area is 186 Å². The highest BCUT2D eigenvalue weighted by molar-refractivity contribution is 7.84. The van der Waals surface area contributed by atoms with Crippen molar-refractivity contribution in [3.63, 3.8) is 0 Å². The number of carbonyl (C=O) groups is 1. The number of rotatable bonds is 5. The normalized spacial score (nSPS) is 15.2. The first-order valence-corrected chi connectivity index (χ1v) is 11.9. The van der Waals surface area contributed by atoms with Crippen LogP contribution in [0.25, 0.3) is 0 Å². The second-order valence-electron chi connectivity index (χ2n) is 8.07. The SMILES string of the molecule is Cc1ccc([S@@](=O)Cc2ccc(C(=O)N3CCN(c4cccc(C)c4C)CC3)o2)cc1. The van der Waals surface area contributed by atoms with Crippen LogP contribution in [0.5, 0.6) is 0 Å². The predicted molar refractivity (Wildman–Crippen MR) is 124 cm³/mol. The first-order valence-electron chi connectivity index (χ1n) is 10.6. The summed E-state index contributed by atoms with van der Waals surface area (Å²) in [4.78, 5) is 17.8. The van der Waals surface area contributed by atoms with Gasteiger partial charge in [-0.3, -0.25) is 9.00 Å². The smallest absolute Gasteiger partial charge is 0.289 e. The van der Waals surface area contributed by atoms with Crippen LogP contribution in [0.3, 0.4) is 0 Å². The van der Waals surface area contributed by atoms with Gasteiger partial charge in [0.1, 0.15) is 5.76 Å². The summed E-state index contributed by atoms with van der Waals surface area (Å²) in [6, 6.07) is 17.4. The molecule has 1 fully saturated rings. The van der Waals surface area contributed by atoms with E-state index in [2.05, 4.69) is 36.9 Å². The molecule has 1 saturated heterocycles. The maximum atomic E-state index is 12.9. The molecule has 0 aliphatic carbocycles.